The van der Waals surface area contributed by atoms with Crippen molar-refractivity contribution in [3.8, 4) is 0 Å². The smallest absolute Gasteiger partial charge is 0.219 e. The summed E-state index contributed by atoms with van der Waals surface area (Å²) in [6, 6.07) is 8.42. The molecule has 3 aromatic rings. The molecular weight excluding hydrogens is 400 g/mol. The molecule has 2 aromatic heterocycles. The largest absolute Gasteiger partial charge is 0.382 e. The number of anilines is 1. The van der Waals surface area contributed by atoms with Gasteiger partial charge in [0.25, 0.3) is 0 Å². The number of pyridine rings is 1. The van der Waals surface area contributed by atoms with Gasteiger partial charge in [-0.05, 0) is 38.4 Å². The number of nitrogens with zero attached hydrogens (tertiary/aromatic N) is 4. The lowest BCUT2D eigenvalue weighted by molar-refractivity contribution is -0.131. The van der Waals surface area contributed by atoms with Crippen LogP contribution in [0.15, 0.2) is 36.4 Å². The van der Waals surface area contributed by atoms with Crippen LogP contribution in [-0.4, -0.2) is 51.0 Å². The zero-order valence-corrected chi connectivity index (χ0v) is 19.2. The van der Waals surface area contributed by atoms with Gasteiger partial charge in [-0.25, -0.2) is 9.97 Å². The molecule has 0 unspecified atom stereocenters. The summed E-state index contributed by atoms with van der Waals surface area (Å²) in [6.45, 7) is 7.15. The third-order valence-electron chi connectivity index (χ3n) is 6.35. The summed E-state index contributed by atoms with van der Waals surface area (Å²) in [5.74, 6) is 1.66. The highest BCUT2D eigenvalue weighted by Crippen LogP contribution is 2.29. The average Bonchev–Trinajstić information content (AvgIpc) is 3.17. The fourth-order valence-corrected chi connectivity index (χ4v) is 4.65. The van der Waals surface area contributed by atoms with Gasteiger partial charge in [-0.2, -0.15) is 0 Å². The quantitative estimate of drug-likeness (QED) is 0.528. The maximum Gasteiger partial charge on any atom is 0.219 e. The Kier molecular flexibility index (Phi) is 7.05. The van der Waals surface area contributed by atoms with Crippen molar-refractivity contribution < 1.29 is 4.79 Å². The Labute approximate surface area is 189 Å². The minimum atomic E-state index is 0.142. The van der Waals surface area contributed by atoms with E-state index in [0.717, 1.165) is 73.0 Å². The lowest BCUT2D eigenvalue weighted by atomic mass is 10.0. The molecule has 1 saturated heterocycles. The van der Waals surface area contributed by atoms with Crippen molar-refractivity contribution in [2.24, 2.45) is 0 Å². The third-order valence-corrected chi connectivity index (χ3v) is 6.35. The predicted molar refractivity (Wildman–Crippen MR) is 130 cm³/mol. The lowest BCUT2D eigenvalue weighted by Gasteiger charge is -2.33. The number of imidazole rings is 1. The van der Waals surface area contributed by atoms with Crippen molar-refractivity contribution in [3.05, 3.63) is 42.2 Å². The van der Waals surface area contributed by atoms with E-state index in [4.69, 9.17) is 10.7 Å². The Bertz CT molecular complexity index is 1110. The number of rotatable bonds is 8. The molecule has 1 aliphatic heterocycles. The molecule has 3 N–H and O–H groups in total. The summed E-state index contributed by atoms with van der Waals surface area (Å²) in [7, 11) is 0. The molecule has 1 fully saturated rings. The average molecular weight is 435 g/mol. The number of nitrogens with one attached hydrogen (secondary N) is 1. The summed E-state index contributed by atoms with van der Waals surface area (Å²) in [4.78, 5) is 23.7. The Morgan fingerprint density at radius 2 is 2.03 bits per heavy atom. The van der Waals surface area contributed by atoms with Crippen molar-refractivity contribution in [2.75, 3.05) is 25.4 Å². The van der Waals surface area contributed by atoms with Crippen LogP contribution in [0.5, 0.6) is 0 Å². The maximum absolute atomic E-state index is 12.2. The highest BCUT2D eigenvalue weighted by Gasteiger charge is 2.22. The number of hydrogen-bond donors (Lipinski definition) is 2. The predicted octanol–water partition coefficient (Wildman–Crippen LogP) is 3.67. The van der Waals surface area contributed by atoms with Crippen LogP contribution in [0.2, 0.25) is 0 Å². The number of aromatic nitrogens is 3. The van der Waals surface area contributed by atoms with E-state index in [-0.39, 0.29) is 5.91 Å². The number of fused-ring (bicyclic) bond motifs is 3. The van der Waals surface area contributed by atoms with Gasteiger partial charge in [0, 0.05) is 37.9 Å². The van der Waals surface area contributed by atoms with Gasteiger partial charge in [0.05, 0.1) is 11.0 Å². The number of para-hydroxylation sites is 1. The van der Waals surface area contributed by atoms with E-state index < -0.39 is 0 Å². The molecule has 1 aromatic carbocycles. The summed E-state index contributed by atoms with van der Waals surface area (Å²) in [5.41, 5.74) is 9.00. The van der Waals surface area contributed by atoms with Crippen molar-refractivity contribution in [2.45, 2.75) is 58.5 Å². The Balaban J connectivity index is 1.62. The molecule has 1 amide bonds. The van der Waals surface area contributed by atoms with Gasteiger partial charge < -0.3 is 20.5 Å². The van der Waals surface area contributed by atoms with Crippen LogP contribution in [0.1, 0.15) is 45.4 Å². The van der Waals surface area contributed by atoms with E-state index in [1.165, 1.54) is 0 Å². The number of nitrogens with two attached hydrogens (primary N) is 1. The Hall–Kier alpha value is -2.93. The first-order chi connectivity index (χ1) is 15.6. The second kappa shape index (κ2) is 10.1. The van der Waals surface area contributed by atoms with E-state index in [1.54, 1.807) is 6.92 Å². The van der Waals surface area contributed by atoms with Crippen LogP contribution >= 0.6 is 0 Å². The SMILES string of the molecule is CCCCc1nc2c(N)nc3ccccc3c2n1C/C=C/CN(C(C)=O)C1CCNCC1. The van der Waals surface area contributed by atoms with E-state index in [9.17, 15) is 4.79 Å². The number of carbonyl (C=O) groups is 1. The molecular formula is C25H34N6O. The molecule has 1 aliphatic rings. The normalized spacial score (nSPS) is 15.2. The molecule has 0 radical (unpaired) electrons. The van der Waals surface area contributed by atoms with Gasteiger partial charge in [-0.1, -0.05) is 43.7 Å². The van der Waals surface area contributed by atoms with E-state index in [0.29, 0.717) is 24.9 Å². The van der Waals surface area contributed by atoms with Crippen LogP contribution in [0.3, 0.4) is 0 Å². The first-order valence-electron chi connectivity index (χ1n) is 11.8. The monoisotopic (exact) mass is 434 g/mol. The molecule has 0 spiro atoms. The number of aryl methyl sites for hydroxylation is 1. The lowest BCUT2D eigenvalue weighted by Crippen LogP contribution is -2.45. The van der Waals surface area contributed by atoms with Gasteiger partial charge in [-0.15, -0.1) is 0 Å². The zero-order valence-electron chi connectivity index (χ0n) is 19.2. The topological polar surface area (TPSA) is 89.1 Å². The molecule has 0 aliphatic carbocycles. The van der Waals surface area contributed by atoms with Crippen LogP contribution in [-0.2, 0) is 17.8 Å². The summed E-state index contributed by atoms with van der Waals surface area (Å²) >= 11 is 0. The number of carbonyl (C=O) groups excluding carboxylic acids is 1. The van der Waals surface area contributed by atoms with Gasteiger partial charge in [0.1, 0.15) is 11.3 Å². The standard InChI is InChI=1S/C25H34N6O/c1-3-4-11-22-29-23-24(20-9-5-6-10-21(20)28-25(23)26)31(22)17-8-7-16-30(18(2)32)19-12-14-27-15-13-19/h5-10,19,27H,3-4,11-17H2,1-2H3,(H2,26,28)/b8-7+. The first kappa shape index (κ1) is 22.3. The third kappa shape index (κ3) is 4.63. The van der Waals surface area contributed by atoms with Crippen LogP contribution in [0.4, 0.5) is 5.82 Å². The molecule has 170 valence electrons. The minimum absolute atomic E-state index is 0.142. The second-order valence-corrected chi connectivity index (χ2v) is 8.58. The molecule has 32 heavy (non-hydrogen) atoms. The molecule has 7 nitrogen and oxygen atoms in total. The number of benzene rings is 1. The van der Waals surface area contributed by atoms with E-state index >= 15 is 0 Å². The van der Waals surface area contributed by atoms with Gasteiger partial charge in [0.2, 0.25) is 5.91 Å². The highest BCUT2D eigenvalue weighted by molar-refractivity contribution is 6.06. The van der Waals surface area contributed by atoms with Crippen molar-refractivity contribution >= 4 is 33.7 Å². The number of nitrogen functional groups attached to an aromatic ring is 1. The molecule has 0 bridgehead atoms. The number of piperidine rings is 1. The van der Waals surface area contributed by atoms with Crippen molar-refractivity contribution in [1.29, 1.82) is 0 Å². The zero-order chi connectivity index (χ0) is 22.5. The molecule has 0 saturated carbocycles. The molecule has 0 atom stereocenters. The van der Waals surface area contributed by atoms with Crippen LogP contribution in [0.25, 0.3) is 21.9 Å². The number of amides is 1. The van der Waals surface area contributed by atoms with Gasteiger partial charge in [-0.3, -0.25) is 4.79 Å². The Morgan fingerprint density at radius 1 is 1.25 bits per heavy atom. The number of hydrogen-bond acceptors (Lipinski definition) is 5. The fraction of sp³-hybridized carbons (Fsp3) is 0.480. The minimum Gasteiger partial charge on any atom is -0.382 e. The summed E-state index contributed by atoms with van der Waals surface area (Å²) in [6.07, 6.45) is 9.38. The number of unbranched alkanes of at least 4 members (excludes halogenated alkanes) is 1. The summed E-state index contributed by atoms with van der Waals surface area (Å²) in [5, 5.41) is 4.44. The number of allylic oxidation sites excluding steroid dienone is 1. The fourth-order valence-electron chi connectivity index (χ4n) is 4.65. The molecule has 4 rings (SSSR count). The van der Waals surface area contributed by atoms with Crippen molar-refractivity contribution in [3.63, 3.8) is 0 Å². The van der Waals surface area contributed by atoms with Gasteiger partial charge >= 0.3 is 0 Å². The Morgan fingerprint density at radius 3 is 2.78 bits per heavy atom. The molecule has 7 heteroatoms. The van der Waals surface area contributed by atoms with E-state index in [2.05, 4.69) is 40.0 Å². The van der Waals surface area contributed by atoms with E-state index in [1.807, 2.05) is 23.1 Å². The van der Waals surface area contributed by atoms with Crippen LogP contribution < -0.4 is 11.1 Å². The summed E-state index contributed by atoms with van der Waals surface area (Å²) < 4.78 is 2.27. The van der Waals surface area contributed by atoms with Crippen LogP contribution in [0, 0.1) is 0 Å². The van der Waals surface area contributed by atoms with Gasteiger partial charge in [0.15, 0.2) is 5.82 Å². The first-order valence-corrected chi connectivity index (χ1v) is 11.8. The second-order valence-electron chi connectivity index (χ2n) is 8.58. The maximum atomic E-state index is 12.2. The highest BCUT2D eigenvalue weighted by atomic mass is 16.2. The van der Waals surface area contributed by atoms with Crippen molar-refractivity contribution in [1.82, 2.24) is 24.8 Å². The molecule has 3 heterocycles.